The molecule has 0 spiro atoms. The van der Waals surface area contributed by atoms with Gasteiger partial charge in [0.2, 0.25) is 5.43 Å². The van der Waals surface area contributed by atoms with Crippen LogP contribution in [0.15, 0.2) is 76.6 Å². The maximum absolute atomic E-state index is 15.3. The molecule has 2 heterocycles. The van der Waals surface area contributed by atoms with E-state index >= 15 is 4.39 Å². The van der Waals surface area contributed by atoms with Gasteiger partial charge >= 0.3 is 6.18 Å². The van der Waals surface area contributed by atoms with Crippen molar-refractivity contribution in [3.63, 3.8) is 0 Å². The number of amides is 1. The molecule has 1 saturated heterocycles. The predicted octanol–water partition coefficient (Wildman–Crippen LogP) is 4.94. The number of aromatic nitrogens is 1. The number of anilines is 1. The van der Waals surface area contributed by atoms with Crippen molar-refractivity contribution >= 4 is 28.3 Å². The summed E-state index contributed by atoms with van der Waals surface area (Å²) in [5, 5.41) is 9.43. The van der Waals surface area contributed by atoms with Gasteiger partial charge in [-0.25, -0.2) is 8.78 Å². The smallest absolute Gasteiger partial charge is 0.378 e. The third-order valence-electron chi connectivity index (χ3n) is 7.02. The number of carbonyl (C=O) groups is 1. The Morgan fingerprint density at radius 2 is 1.63 bits per heavy atom. The van der Waals surface area contributed by atoms with E-state index < -0.39 is 40.3 Å². The van der Waals surface area contributed by atoms with Crippen molar-refractivity contribution in [2.75, 3.05) is 31.2 Å². The Balaban J connectivity index is 1.59. The molecule has 2 N–H and O–H groups in total. The van der Waals surface area contributed by atoms with Crippen molar-refractivity contribution in [3.8, 4) is 0 Å². The van der Waals surface area contributed by atoms with Gasteiger partial charge in [0.15, 0.2) is 0 Å². The fourth-order valence-corrected chi connectivity index (χ4v) is 4.81. The number of pyridine rings is 1. The SMILES string of the molecule is O=C(/N=C(/Cc1ccc(F)cc1)NO)c1cn(Cc2ccc(C(F)(F)F)cc2)c2cc(N3CCOCC3)c(F)cc2c1=O. The van der Waals surface area contributed by atoms with Crippen molar-refractivity contribution in [1.29, 1.82) is 0 Å². The highest BCUT2D eigenvalue weighted by Gasteiger charge is 2.30. The van der Waals surface area contributed by atoms with E-state index in [2.05, 4.69) is 4.99 Å². The van der Waals surface area contributed by atoms with Crippen LogP contribution in [-0.2, 0) is 23.9 Å². The number of benzene rings is 3. The lowest BCUT2D eigenvalue weighted by Crippen LogP contribution is -2.36. The second kappa shape index (κ2) is 12.3. The first-order valence-electron chi connectivity index (χ1n) is 13.2. The van der Waals surface area contributed by atoms with Crippen molar-refractivity contribution in [2.24, 2.45) is 4.99 Å². The largest absolute Gasteiger partial charge is 0.416 e. The quantitative estimate of drug-likeness (QED) is 0.141. The number of alkyl halides is 3. The lowest BCUT2D eigenvalue weighted by Gasteiger charge is -2.29. The average molecular weight is 601 g/mol. The van der Waals surface area contributed by atoms with E-state index in [1.807, 2.05) is 0 Å². The molecular weight excluding hydrogens is 575 g/mol. The Morgan fingerprint density at radius 3 is 2.26 bits per heavy atom. The third-order valence-corrected chi connectivity index (χ3v) is 7.02. The Morgan fingerprint density at radius 1 is 0.977 bits per heavy atom. The molecule has 3 aromatic carbocycles. The molecule has 1 aromatic heterocycles. The minimum absolute atomic E-state index is 0.0617. The molecular formula is C30H25F5N4O4. The highest BCUT2D eigenvalue weighted by molar-refractivity contribution is 6.05. The van der Waals surface area contributed by atoms with Crippen LogP contribution in [0.4, 0.5) is 27.6 Å². The Labute approximate surface area is 241 Å². The normalized spacial score (nSPS) is 14.3. The molecule has 43 heavy (non-hydrogen) atoms. The Bertz CT molecular complexity index is 1730. The number of rotatable bonds is 6. The standard InChI is InChI=1S/C30H25F5N4O4/c31-21-7-3-18(4-8-21)13-27(37-42)36-29(41)23-17-39(16-19-1-5-20(6-2-19)30(33,34)35)25-15-26(38-9-11-43-12-10-38)24(32)14-22(25)28(23)40/h1-8,14-15,17,42H,9-13,16H2,(H,36,37,41). The third kappa shape index (κ3) is 6.73. The highest BCUT2D eigenvalue weighted by Crippen LogP contribution is 2.30. The van der Waals surface area contributed by atoms with Crippen molar-refractivity contribution < 1.29 is 36.7 Å². The van der Waals surface area contributed by atoms with Gasteiger partial charge in [0.1, 0.15) is 23.0 Å². The number of aliphatic imine (C=N–C) groups is 1. The zero-order chi connectivity index (χ0) is 30.7. The van der Waals surface area contributed by atoms with E-state index in [1.54, 1.807) is 10.4 Å². The Kier molecular flexibility index (Phi) is 8.55. The van der Waals surface area contributed by atoms with E-state index in [4.69, 9.17) is 4.74 Å². The van der Waals surface area contributed by atoms with E-state index in [9.17, 15) is 32.4 Å². The number of morpholine rings is 1. The summed E-state index contributed by atoms with van der Waals surface area (Å²) in [7, 11) is 0. The van der Waals surface area contributed by atoms with Crippen LogP contribution < -0.4 is 15.8 Å². The van der Waals surface area contributed by atoms with Crippen LogP contribution in [0.2, 0.25) is 0 Å². The van der Waals surface area contributed by atoms with Crippen molar-refractivity contribution in [1.82, 2.24) is 10.0 Å². The maximum Gasteiger partial charge on any atom is 0.416 e. The first kappa shape index (κ1) is 29.9. The van der Waals surface area contributed by atoms with Gasteiger partial charge in [-0.2, -0.15) is 18.2 Å². The molecule has 1 amide bonds. The zero-order valence-electron chi connectivity index (χ0n) is 22.5. The first-order chi connectivity index (χ1) is 20.5. The molecule has 1 fully saturated rings. The Hall–Kier alpha value is -4.62. The summed E-state index contributed by atoms with van der Waals surface area (Å²) in [5.41, 5.74) is 1.08. The van der Waals surface area contributed by atoms with Crippen molar-refractivity contribution in [3.05, 3.63) is 111 Å². The molecule has 0 radical (unpaired) electrons. The lowest BCUT2D eigenvalue weighted by molar-refractivity contribution is -0.137. The number of amidine groups is 1. The molecule has 13 heteroatoms. The van der Waals surface area contributed by atoms with Crippen LogP contribution in [0.5, 0.6) is 0 Å². The second-order valence-electron chi connectivity index (χ2n) is 9.89. The van der Waals surface area contributed by atoms with Gasteiger partial charge in [-0.3, -0.25) is 20.3 Å². The summed E-state index contributed by atoms with van der Waals surface area (Å²) in [4.78, 5) is 32.3. The van der Waals surface area contributed by atoms with Gasteiger partial charge in [-0.15, -0.1) is 0 Å². The van der Waals surface area contributed by atoms with Gasteiger partial charge < -0.3 is 14.2 Å². The van der Waals surface area contributed by atoms with Crippen LogP contribution in [0.3, 0.4) is 0 Å². The second-order valence-corrected chi connectivity index (χ2v) is 9.89. The van der Waals surface area contributed by atoms with Gasteiger partial charge in [-0.1, -0.05) is 24.3 Å². The topological polar surface area (TPSA) is 96.2 Å². The van der Waals surface area contributed by atoms with Crippen LogP contribution in [0, 0.1) is 11.6 Å². The molecule has 1 aliphatic rings. The number of halogens is 5. The predicted molar refractivity (Wildman–Crippen MR) is 149 cm³/mol. The molecule has 0 saturated carbocycles. The summed E-state index contributed by atoms with van der Waals surface area (Å²) in [6, 6.07) is 12.1. The fraction of sp³-hybridized carbons (Fsp3) is 0.233. The summed E-state index contributed by atoms with van der Waals surface area (Å²) < 4.78 is 74.8. The van der Waals surface area contributed by atoms with Crippen LogP contribution in [-0.4, -0.2) is 47.8 Å². The molecule has 0 bridgehead atoms. The minimum Gasteiger partial charge on any atom is -0.378 e. The maximum atomic E-state index is 15.3. The van der Waals surface area contributed by atoms with Gasteiger partial charge in [0.25, 0.3) is 5.91 Å². The van der Waals surface area contributed by atoms with Crippen LogP contribution >= 0.6 is 0 Å². The number of nitrogens with one attached hydrogen (secondary N) is 1. The van der Waals surface area contributed by atoms with Crippen molar-refractivity contribution in [2.45, 2.75) is 19.1 Å². The molecule has 1 aliphatic heterocycles. The van der Waals surface area contributed by atoms with Gasteiger partial charge in [0.05, 0.1) is 30.0 Å². The average Bonchev–Trinajstić information content (AvgIpc) is 2.99. The van der Waals surface area contributed by atoms with E-state index in [0.717, 1.165) is 18.2 Å². The van der Waals surface area contributed by atoms with E-state index in [1.165, 1.54) is 53.2 Å². The molecule has 4 aromatic rings. The highest BCUT2D eigenvalue weighted by atomic mass is 19.4. The molecule has 5 rings (SSSR count). The zero-order valence-corrected chi connectivity index (χ0v) is 22.5. The summed E-state index contributed by atoms with van der Waals surface area (Å²) in [5.74, 6) is -2.47. The monoisotopic (exact) mass is 600 g/mol. The van der Waals surface area contributed by atoms with E-state index in [-0.39, 0.29) is 35.4 Å². The van der Waals surface area contributed by atoms with E-state index in [0.29, 0.717) is 37.4 Å². The van der Waals surface area contributed by atoms with Gasteiger partial charge in [-0.05, 0) is 47.5 Å². The van der Waals surface area contributed by atoms with Gasteiger partial charge in [0, 0.05) is 37.6 Å². The molecule has 8 nitrogen and oxygen atoms in total. The number of ether oxygens (including phenoxy) is 1. The first-order valence-corrected chi connectivity index (χ1v) is 13.2. The van der Waals surface area contributed by atoms with Crippen LogP contribution in [0.25, 0.3) is 10.9 Å². The number of fused-ring (bicyclic) bond motifs is 1. The number of carbonyl (C=O) groups excluding carboxylic acids is 1. The number of hydrogen-bond donors (Lipinski definition) is 2. The molecule has 0 unspecified atom stereocenters. The van der Waals surface area contributed by atoms with Crippen LogP contribution in [0.1, 0.15) is 27.0 Å². The number of nitrogens with zero attached hydrogens (tertiary/aromatic N) is 3. The summed E-state index contributed by atoms with van der Waals surface area (Å²) in [6.45, 7) is 1.50. The number of hydroxylamine groups is 1. The summed E-state index contributed by atoms with van der Waals surface area (Å²) in [6.07, 6.45) is -3.42. The minimum atomic E-state index is -4.53. The summed E-state index contributed by atoms with van der Waals surface area (Å²) >= 11 is 0. The number of hydrogen-bond acceptors (Lipinski definition) is 5. The molecule has 224 valence electrons. The lowest BCUT2D eigenvalue weighted by atomic mass is 10.1. The molecule has 0 atom stereocenters. The fourth-order valence-electron chi connectivity index (χ4n) is 4.81. The molecule has 0 aliphatic carbocycles.